The molecule has 2 aliphatic rings. The van der Waals surface area contributed by atoms with Crippen LogP contribution in [0.3, 0.4) is 0 Å². The molecule has 2 amide bonds. The summed E-state index contributed by atoms with van der Waals surface area (Å²) in [7, 11) is 0. The Labute approximate surface area is 138 Å². The van der Waals surface area contributed by atoms with Crippen LogP contribution in [0.5, 0.6) is 0 Å². The van der Waals surface area contributed by atoms with Crippen LogP contribution >= 0.6 is 0 Å². The Kier molecular flexibility index (Phi) is 4.37. The third-order valence-corrected chi connectivity index (χ3v) is 4.66. The molecule has 2 fully saturated rings. The molecule has 3 atom stereocenters. The number of amides is 2. The number of alkyl halides is 1. The van der Waals surface area contributed by atoms with Gasteiger partial charge in [-0.05, 0) is 35.6 Å². The molecule has 3 unspecified atom stereocenters. The lowest BCUT2D eigenvalue weighted by atomic mass is 10.1. The van der Waals surface area contributed by atoms with E-state index >= 15 is 0 Å². The van der Waals surface area contributed by atoms with Crippen LogP contribution in [0.4, 0.5) is 15.0 Å². The van der Waals surface area contributed by atoms with Gasteiger partial charge in [-0.2, -0.15) is 0 Å². The van der Waals surface area contributed by atoms with E-state index in [0.717, 1.165) is 5.56 Å². The molecule has 8 heteroatoms. The van der Waals surface area contributed by atoms with E-state index in [2.05, 4.69) is 10.3 Å². The van der Waals surface area contributed by atoms with Gasteiger partial charge in [0.2, 0.25) is 5.91 Å². The van der Waals surface area contributed by atoms with Crippen molar-refractivity contribution < 1.29 is 19.1 Å². The van der Waals surface area contributed by atoms with Crippen LogP contribution in [0.15, 0.2) is 24.4 Å². The van der Waals surface area contributed by atoms with Gasteiger partial charge < -0.3 is 21.1 Å². The molecule has 0 aromatic carbocycles. The quantitative estimate of drug-likeness (QED) is 0.696. The standard InChI is InChI=1S/C16H19FN4O3/c17-12(15-10-7-21(16(23)24)8-11(10)15)6-20-14(22)4-2-9-1-3-13(18)19-5-9/h1-5,10-12,15H,6-8H2,(H2,18,19)(H,20,22)(H,23,24)/b4-2+. The summed E-state index contributed by atoms with van der Waals surface area (Å²) in [6.07, 6.45) is 2.33. The van der Waals surface area contributed by atoms with Gasteiger partial charge in [-0.15, -0.1) is 0 Å². The summed E-state index contributed by atoms with van der Waals surface area (Å²) in [4.78, 5) is 27.8. The van der Waals surface area contributed by atoms with Gasteiger partial charge in [-0.3, -0.25) is 4.79 Å². The molecule has 1 aromatic rings. The largest absolute Gasteiger partial charge is 0.465 e. The highest BCUT2D eigenvalue weighted by molar-refractivity contribution is 5.91. The highest BCUT2D eigenvalue weighted by Crippen LogP contribution is 2.54. The number of halogens is 1. The number of fused-ring (bicyclic) bond motifs is 1. The fraction of sp³-hybridized carbons (Fsp3) is 0.438. The molecule has 1 saturated heterocycles. The highest BCUT2D eigenvalue weighted by Gasteiger charge is 2.59. The fourth-order valence-electron chi connectivity index (χ4n) is 3.35. The van der Waals surface area contributed by atoms with Crippen molar-refractivity contribution in [1.29, 1.82) is 0 Å². The second kappa shape index (κ2) is 6.46. The van der Waals surface area contributed by atoms with Gasteiger partial charge in [0, 0.05) is 37.8 Å². The molecule has 0 radical (unpaired) electrons. The molecule has 0 bridgehead atoms. The number of aromatic nitrogens is 1. The number of nitrogens with one attached hydrogen (secondary N) is 1. The first-order chi connectivity index (χ1) is 11.5. The van der Waals surface area contributed by atoms with Gasteiger partial charge in [0.1, 0.15) is 12.0 Å². The summed E-state index contributed by atoms with van der Waals surface area (Å²) in [5.41, 5.74) is 6.19. The van der Waals surface area contributed by atoms with E-state index in [4.69, 9.17) is 10.8 Å². The fourth-order valence-corrected chi connectivity index (χ4v) is 3.35. The Bertz CT molecular complexity index is 652. The van der Waals surface area contributed by atoms with Crippen LogP contribution in [0.25, 0.3) is 6.08 Å². The molecule has 4 N–H and O–H groups in total. The number of piperidine rings is 1. The zero-order valence-electron chi connectivity index (χ0n) is 12.9. The minimum absolute atomic E-state index is 0.0616. The minimum Gasteiger partial charge on any atom is -0.465 e. The lowest BCUT2D eigenvalue weighted by Gasteiger charge is -2.17. The topological polar surface area (TPSA) is 109 Å². The second-order valence-electron chi connectivity index (χ2n) is 6.20. The average molecular weight is 334 g/mol. The molecule has 1 aliphatic heterocycles. The summed E-state index contributed by atoms with van der Waals surface area (Å²) in [6.45, 7) is 0.722. The zero-order valence-corrected chi connectivity index (χ0v) is 12.9. The van der Waals surface area contributed by atoms with Gasteiger partial charge in [-0.25, -0.2) is 14.2 Å². The Morgan fingerprint density at radius 2 is 2.17 bits per heavy atom. The van der Waals surface area contributed by atoms with Gasteiger partial charge in [0.05, 0.1) is 0 Å². The number of carboxylic acid groups (broad SMARTS) is 1. The van der Waals surface area contributed by atoms with E-state index in [1.54, 1.807) is 18.2 Å². The highest BCUT2D eigenvalue weighted by atomic mass is 19.1. The van der Waals surface area contributed by atoms with E-state index in [1.165, 1.54) is 17.2 Å². The van der Waals surface area contributed by atoms with Gasteiger partial charge in [0.25, 0.3) is 0 Å². The van der Waals surface area contributed by atoms with Crippen molar-refractivity contribution >= 4 is 23.9 Å². The molecular formula is C16H19FN4O3. The Balaban J connectivity index is 1.41. The lowest BCUT2D eigenvalue weighted by molar-refractivity contribution is -0.116. The first-order valence-electron chi connectivity index (χ1n) is 7.75. The minimum atomic E-state index is -1.15. The number of nitrogens with two attached hydrogens (primary N) is 1. The van der Waals surface area contributed by atoms with Crippen molar-refractivity contribution in [1.82, 2.24) is 15.2 Å². The number of carbonyl (C=O) groups is 2. The van der Waals surface area contributed by atoms with Crippen molar-refractivity contribution in [3.8, 4) is 0 Å². The van der Waals surface area contributed by atoms with Crippen LogP contribution in [0.1, 0.15) is 5.56 Å². The number of anilines is 1. The maximum absolute atomic E-state index is 14.2. The number of nitrogens with zero attached hydrogens (tertiary/aromatic N) is 2. The number of carbonyl (C=O) groups excluding carboxylic acids is 1. The molecular weight excluding hydrogens is 315 g/mol. The van der Waals surface area contributed by atoms with Crippen molar-refractivity contribution in [2.45, 2.75) is 6.17 Å². The molecule has 3 rings (SSSR count). The summed E-state index contributed by atoms with van der Waals surface area (Å²) in [6, 6.07) is 3.35. The predicted octanol–water partition coefficient (Wildman–Crippen LogP) is 0.987. The van der Waals surface area contributed by atoms with Crippen LogP contribution in [0.2, 0.25) is 0 Å². The molecule has 0 spiro atoms. The van der Waals surface area contributed by atoms with Crippen LogP contribution < -0.4 is 11.1 Å². The second-order valence-corrected chi connectivity index (χ2v) is 6.20. The first-order valence-corrected chi connectivity index (χ1v) is 7.75. The van der Waals surface area contributed by atoms with Gasteiger partial charge in [0.15, 0.2) is 0 Å². The van der Waals surface area contributed by atoms with Crippen molar-refractivity contribution in [2.24, 2.45) is 17.8 Å². The third kappa shape index (κ3) is 3.47. The average Bonchev–Trinajstić information content (AvgIpc) is 3.05. The summed E-state index contributed by atoms with van der Waals surface area (Å²) >= 11 is 0. The van der Waals surface area contributed by atoms with E-state index < -0.39 is 12.3 Å². The summed E-state index contributed by atoms with van der Waals surface area (Å²) < 4.78 is 14.2. The van der Waals surface area contributed by atoms with Crippen molar-refractivity contribution in [3.05, 3.63) is 30.0 Å². The lowest BCUT2D eigenvalue weighted by Crippen LogP contribution is -2.35. The van der Waals surface area contributed by atoms with Gasteiger partial charge >= 0.3 is 6.09 Å². The van der Waals surface area contributed by atoms with Gasteiger partial charge in [-0.1, -0.05) is 0 Å². The van der Waals surface area contributed by atoms with Crippen LogP contribution in [0, 0.1) is 17.8 Å². The first kappa shape index (κ1) is 16.2. The van der Waals surface area contributed by atoms with E-state index in [1.807, 2.05) is 0 Å². The van der Waals surface area contributed by atoms with Crippen molar-refractivity contribution in [2.75, 3.05) is 25.4 Å². The monoisotopic (exact) mass is 334 g/mol. The number of rotatable bonds is 5. The van der Waals surface area contributed by atoms with E-state index in [0.29, 0.717) is 18.9 Å². The molecule has 128 valence electrons. The SMILES string of the molecule is Nc1ccc(/C=C/C(=O)NCC(F)C2C3CN(C(=O)O)CC32)cn1. The van der Waals surface area contributed by atoms with E-state index in [9.17, 15) is 14.0 Å². The maximum Gasteiger partial charge on any atom is 0.407 e. The summed E-state index contributed by atoms with van der Waals surface area (Å²) in [5, 5.41) is 11.4. The number of pyridine rings is 1. The molecule has 1 aromatic heterocycles. The maximum atomic E-state index is 14.2. The smallest absolute Gasteiger partial charge is 0.407 e. The van der Waals surface area contributed by atoms with Crippen LogP contribution in [-0.2, 0) is 4.79 Å². The third-order valence-electron chi connectivity index (χ3n) is 4.66. The molecule has 24 heavy (non-hydrogen) atoms. The zero-order chi connectivity index (χ0) is 17.3. The molecule has 2 heterocycles. The summed E-state index contributed by atoms with van der Waals surface area (Å²) in [5.74, 6) is 0.0423. The normalized spacial score (nSPS) is 26.2. The number of hydrogen-bond acceptors (Lipinski definition) is 4. The number of hydrogen-bond donors (Lipinski definition) is 3. The number of nitrogen functional groups attached to an aromatic ring is 1. The predicted molar refractivity (Wildman–Crippen MR) is 85.7 cm³/mol. The molecule has 1 saturated carbocycles. The van der Waals surface area contributed by atoms with Crippen molar-refractivity contribution in [3.63, 3.8) is 0 Å². The van der Waals surface area contributed by atoms with Crippen LogP contribution in [-0.4, -0.2) is 52.8 Å². The number of likely N-dealkylation sites (tertiary alicyclic amines) is 1. The van der Waals surface area contributed by atoms with E-state index in [-0.39, 0.29) is 30.2 Å². The Morgan fingerprint density at radius 1 is 1.46 bits per heavy atom. The Morgan fingerprint density at radius 3 is 2.75 bits per heavy atom. The molecule has 1 aliphatic carbocycles. The Hall–Kier alpha value is -2.64. The molecule has 7 nitrogen and oxygen atoms in total.